The Morgan fingerprint density at radius 3 is 2.53 bits per heavy atom. The average molecular weight is 268 g/mol. The molecular weight excluding hydrogens is 247 g/mol. The van der Waals surface area contributed by atoms with E-state index in [1.165, 1.54) is 6.07 Å². The quantitative estimate of drug-likeness (QED) is 0.915. The summed E-state index contributed by atoms with van der Waals surface area (Å²) in [5, 5.41) is 8.96. The van der Waals surface area contributed by atoms with Crippen LogP contribution in [0.2, 0.25) is 0 Å². The molecular formula is C15H21FO3. The van der Waals surface area contributed by atoms with E-state index in [0.29, 0.717) is 12.0 Å². The first-order valence-corrected chi connectivity index (χ1v) is 6.50. The number of halogens is 1. The highest BCUT2D eigenvalue weighted by Crippen LogP contribution is 2.39. The van der Waals surface area contributed by atoms with Crippen LogP contribution in [0.3, 0.4) is 0 Å². The second-order valence-corrected chi connectivity index (χ2v) is 6.20. The molecule has 1 heterocycles. The third-order valence-corrected chi connectivity index (χ3v) is 3.44. The number of hydrogen-bond donors (Lipinski definition) is 1. The summed E-state index contributed by atoms with van der Waals surface area (Å²) in [5.41, 5.74) is -0.187. The number of hydrogen-bond acceptors (Lipinski definition) is 3. The van der Waals surface area contributed by atoms with Crippen LogP contribution in [-0.2, 0) is 11.3 Å². The van der Waals surface area contributed by atoms with Gasteiger partial charge in [0.2, 0.25) is 0 Å². The molecule has 1 atom stereocenters. The number of rotatable bonds is 3. The van der Waals surface area contributed by atoms with Gasteiger partial charge in [-0.25, -0.2) is 4.39 Å². The molecule has 1 aromatic rings. The van der Waals surface area contributed by atoms with Crippen LogP contribution in [0.25, 0.3) is 0 Å². The Balaban J connectivity index is 2.18. The first kappa shape index (κ1) is 14.3. The summed E-state index contributed by atoms with van der Waals surface area (Å²) in [5.74, 6) is -0.247. The Morgan fingerprint density at radius 1 is 1.37 bits per heavy atom. The zero-order chi connectivity index (χ0) is 14.3. The van der Waals surface area contributed by atoms with Crippen molar-refractivity contribution in [2.75, 3.05) is 0 Å². The highest BCUT2D eigenvalue weighted by atomic mass is 19.1. The topological polar surface area (TPSA) is 38.7 Å². The number of ether oxygens (including phenoxy) is 2. The van der Waals surface area contributed by atoms with E-state index in [1.54, 1.807) is 12.1 Å². The Labute approximate surface area is 113 Å². The molecule has 0 saturated carbocycles. The predicted molar refractivity (Wildman–Crippen MR) is 70.6 cm³/mol. The lowest BCUT2D eigenvalue weighted by atomic mass is 9.97. The molecule has 106 valence electrons. The van der Waals surface area contributed by atoms with E-state index in [-0.39, 0.29) is 24.1 Å². The third kappa shape index (κ3) is 3.07. The Morgan fingerprint density at radius 2 is 2.05 bits per heavy atom. The van der Waals surface area contributed by atoms with Crippen molar-refractivity contribution < 1.29 is 19.0 Å². The van der Waals surface area contributed by atoms with Gasteiger partial charge in [0.05, 0.1) is 12.2 Å². The van der Waals surface area contributed by atoms with Crippen molar-refractivity contribution >= 4 is 0 Å². The molecule has 0 amide bonds. The second-order valence-electron chi connectivity index (χ2n) is 6.20. The van der Waals surface area contributed by atoms with Crippen molar-refractivity contribution in [3.8, 4) is 5.75 Å². The maximum Gasteiger partial charge on any atom is 0.165 e. The van der Waals surface area contributed by atoms with E-state index < -0.39 is 11.4 Å². The van der Waals surface area contributed by atoms with E-state index in [9.17, 15) is 4.39 Å². The maximum atomic E-state index is 13.9. The Kier molecular flexibility index (Phi) is 3.58. The predicted octanol–water partition coefficient (Wildman–Crippen LogP) is 3.04. The molecule has 1 saturated heterocycles. The summed E-state index contributed by atoms with van der Waals surface area (Å²) in [6, 6.07) is 4.51. The molecule has 0 bridgehead atoms. The van der Waals surface area contributed by atoms with Gasteiger partial charge >= 0.3 is 0 Å². The van der Waals surface area contributed by atoms with Crippen LogP contribution in [0, 0.1) is 5.82 Å². The maximum absolute atomic E-state index is 13.9. The van der Waals surface area contributed by atoms with Crippen LogP contribution in [0.5, 0.6) is 5.75 Å². The molecule has 0 aromatic heterocycles. The molecule has 1 aliphatic heterocycles. The normalized spacial score (nSPS) is 24.4. The van der Waals surface area contributed by atoms with Crippen molar-refractivity contribution in [2.24, 2.45) is 0 Å². The van der Waals surface area contributed by atoms with E-state index in [0.717, 1.165) is 0 Å². The lowest BCUT2D eigenvalue weighted by molar-refractivity contribution is -0.0849. The first-order valence-electron chi connectivity index (χ1n) is 6.50. The van der Waals surface area contributed by atoms with Gasteiger partial charge in [-0.2, -0.15) is 0 Å². The highest BCUT2D eigenvalue weighted by molar-refractivity contribution is 5.29. The molecule has 0 spiro atoms. The van der Waals surface area contributed by atoms with Crippen molar-refractivity contribution in [1.82, 2.24) is 0 Å². The molecule has 1 aromatic carbocycles. The highest BCUT2D eigenvalue weighted by Gasteiger charge is 2.47. The van der Waals surface area contributed by atoms with Crippen molar-refractivity contribution in [2.45, 2.75) is 58.0 Å². The van der Waals surface area contributed by atoms with Gasteiger partial charge in [-0.3, -0.25) is 0 Å². The summed E-state index contributed by atoms with van der Waals surface area (Å²) in [6.07, 6.45) is 0.512. The van der Waals surface area contributed by atoms with Gasteiger partial charge in [-0.15, -0.1) is 0 Å². The van der Waals surface area contributed by atoms with Crippen molar-refractivity contribution in [3.63, 3.8) is 0 Å². The molecule has 1 N–H and O–H groups in total. The van der Waals surface area contributed by atoms with Gasteiger partial charge in [0.15, 0.2) is 11.6 Å². The number of aliphatic hydroxyl groups is 1. The minimum absolute atomic E-state index is 0.178. The SMILES string of the molecule is CC1(C)CC(Oc2ccc(CO)cc2F)C(C)(C)O1. The zero-order valence-corrected chi connectivity index (χ0v) is 11.9. The van der Waals surface area contributed by atoms with Crippen LogP contribution in [-0.4, -0.2) is 22.4 Å². The smallest absolute Gasteiger partial charge is 0.165 e. The van der Waals surface area contributed by atoms with E-state index in [4.69, 9.17) is 14.6 Å². The van der Waals surface area contributed by atoms with Crippen LogP contribution in [0.4, 0.5) is 4.39 Å². The lowest BCUT2D eigenvalue weighted by Crippen LogP contribution is -2.36. The minimum atomic E-state index is -0.453. The molecule has 0 aliphatic carbocycles. The summed E-state index contributed by atoms with van der Waals surface area (Å²) < 4.78 is 25.6. The molecule has 0 radical (unpaired) electrons. The summed E-state index contributed by atoms with van der Waals surface area (Å²) in [7, 11) is 0. The van der Waals surface area contributed by atoms with Gasteiger partial charge in [0.1, 0.15) is 11.7 Å². The molecule has 1 fully saturated rings. The zero-order valence-electron chi connectivity index (χ0n) is 11.9. The molecule has 3 nitrogen and oxygen atoms in total. The third-order valence-electron chi connectivity index (χ3n) is 3.44. The average Bonchev–Trinajstić information content (AvgIpc) is 2.49. The fourth-order valence-corrected chi connectivity index (χ4v) is 2.59. The van der Waals surface area contributed by atoms with Gasteiger partial charge < -0.3 is 14.6 Å². The first-order chi connectivity index (χ1) is 8.73. The van der Waals surface area contributed by atoms with Gasteiger partial charge in [-0.1, -0.05) is 6.07 Å². The van der Waals surface area contributed by atoms with Crippen LogP contribution < -0.4 is 4.74 Å². The van der Waals surface area contributed by atoms with Gasteiger partial charge in [0.25, 0.3) is 0 Å². The Bertz CT molecular complexity index is 468. The largest absolute Gasteiger partial charge is 0.484 e. The Hall–Kier alpha value is -1.13. The fraction of sp³-hybridized carbons (Fsp3) is 0.600. The van der Waals surface area contributed by atoms with Crippen LogP contribution in [0.15, 0.2) is 18.2 Å². The molecule has 2 rings (SSSR count). The molecule has 1 aliphatic rings. The van der Waals surface area contributed by atoms with Crippen molar-refractivity contribution in [3.05, 3.63) is 29.6 Å². The van der Waals surface area contributed by atoms with Crippen molar-refractivity contribution in [1.29, 1.82) is 0 Å². The monoisotopic (exact) mass is 268 g/mol. The van der Waals surface area contributed by atoms with Gasteiger partial charge in [-0.05, 0) is 45.4 Å². The summed E-state index contributed by atoms with van der Waals surface area (Å²) in [6.45, 7) is 7.73. The van der Waals surface area contributed by atoms with E-state index >= 15 is 0 Å². The molecule has 4 heteroatoms. The summed E-state index contributed by atoms with van der Waals surface area (Å²) >= 11 is 0. The fourth-order valence-electron chi connectivity index (χ4n) is 2.59. The summed E-state index contributed by atoms with van der Waals surface area (Å²) in [4.78, 5) is 0. The van der Waals surface area contributed by atoms with Gasteiger partial charge in [0, 0.05) is 6.42 Å². The molecule has 1 unspecified atom stereocenters. The number of aliphatic hydroxyl groups excluding tert-OH is 1. The number of benzene rings is 1. The van der Waals surface area contributed by atoms with Crippen LogP contribution in [0.1, 0.15) is 39.7 Å². The lowest BCUT2D eigenvalue weighted by Gasteiger charge is -2.27. The standard InChI is InChI=1S/C15H21FO3/c1-14(2)8-13(15(3,4)19-14)18-12-6-5-10(9-17)7-11(12)16/h5-7,13,17H,8-9H2,1-4H3. The van der Waals surface area contributed by atoms with E-state index in [2.05, 4.69) is 0 Å². The van der Waals surface area contributed by atoms with Crippen LogP contribution >= 0.6 is 0 Å². The second kappa shape index (κ2) is 4.76. The molecule has 19 heavy (non-hydrogen) atoms. The van der Waals surface area contributed by atoms with E-state index in [1.807, 2.05) is 27.7 Å². The minimum Gasteiger partial charge on any atom is -0.484 e.